The van der Waals surface area contributed by atoms with Gasteiger partial charge in [-0.3, -0.25) is 0 Å². The second-order valence-electron chi connectivity index (χ2n) is 7.23. The Bertz CT molecular complexity index is 693. The summed E-state index contributed by atoms with van der Waals surface area (Å²) in [6.07, 6.45) is 8.15. The molecule has 5 heteroatoms. The maximum Gasteiger partial charge on any atom is 0.244 e. The monoisotopic (exact) mass is 458 g/mol. The molecule has 140 valence electrons. The molecule has 0 aliphatic heterocycles. The molecule has 0 spiro atoms. The van der Waals surface area contributed by atoms with Gasteiger partial charge >= 0.3 is 0 Å². The van der Waals surface area contributed by atoms with E-state index in [-0.39, 0.29) is 24.0 Å². The van der Waals surface area contributed by atoms with Crippen LogP contribution in [-0.2, 0) is 17.8 Å². The van der Waals surface area contributed by atoms with Crippen LogP contribution >= 0.6 is 0 Å². The predicted molar refractivity (Wildman–Crippen MR) is 96.1 cm³/mol. The van der Waals surface area contributed by atoms with Gasteiger partial charge < -0.3 is 33.8 Å². The van der Waals surface area contributed by atoms with Crippen LogP contribution in [0.4, 0.5) is 0 Å². The second-order valence-corrected chi connectivity index (χ2v) is 7.23. The van der Waals surface area contributed by atoms with Crippen LogP contribution in [0.15, 0.2) is 18.5 Å². The summed E-state index contributed by atoms with van der Waals surface area (Å²) in [6.45, 7) is 8.40. The zero-order valence-electron chi connectivity index (χ0n) is 15.7. The van der Waals surface area contributed by atoms with Gasteiger partial charge in [0.2, 0.25) is 6.33 Å². The van der Waals surface area contributed by atoms with Crippen LogP contribution in [0.1, 0.15) is 50.2 Å². The van der Waals surface area contributed by atoms with Crippen molar-refractivity contribution in [2.24, 2.45) is 0 Å². The van der Waals surface area contributed by atoms with E-state index in [1.54, 1.807) is 0 Å². The molecule has 1 heterocycles. The molecule has 1 aromatic carbocycles. The predicted octanol–water partition coefficient (Wildman–Crippen LogP) is 0.280. The summed E-state index contributed by atoms with van der Waals surface area (Å²) in [6, 6.07) is 4.47. The van der Waals surface area contributed by atoms with E-state index in [2.05, 4.69) is 48.4 Å². The first-order valence-corrected chi connectivity index (χ1v) is 9.37. The number of halogens is 1. The van der Waals surface area contributed by atoms with Crippen molar-refractivity contribution in [3.8, 4) is 0 Å². The summed E-state index contributed by atoms with van der Waals surface area (Å²) in [4.78, 5) is 0. The lowest BCUT2D eigenvalue weighted by Crippen LogP contribution is -3.00. The van der Waals surface area contributed by atoms with E-state index in [1.165, 1.54) is 41.4 Å². The van der Waals surface area contributed by atoms with E-state index in [1.807, 2.05) is 0 Å². The number of aliphatic hydroxyl groups is 1. The Morgan fingerprint density at radius 3 is 2.56 bits per heavy atom. The molecular weight excluding hydrogens is 427 g/mol. The minimum Gasteiger partial charge on any atom is -1.00 e. The van der Waals surface area contributed by atoms with Crippen molar-refractivity contribution < 1.29 is 38.4 Å². The van der Waals surface area contributed by atoms with E-state index < -0.39 is 6.10 Å². The first-order valence-electron chi connectivity index (χ1n) is 9.37. The molecule has 0 bridgehead atoms. The lowest BCUT2D eigenvalue weighted by Gasteiger charge is -2.23. The number of aromatic nitrogens is 2. The molecule has 1 aliphatic rings. The number of nitrogens with zero attached hydrogens (tertiary/aromatic N) is 2. The third-order valence-electron chi connectivity index (χ3n) is 5.31. The summed E-state index contributed by atoms with van der Waals surface area (Å²) >= 11 is 0. The second kappa shape index (κ2) is 9.33. The fourth-order valence-corrected chi connectivity index (χ4v) is 3.69. The highest BCUT2D eigenvalue weighted by molar-refractivity contribution is 5.74. The number of rotatable bonds is 6. The van der Waals surface area contributed by atoms with Gasteiger partial charge in [-0.15, -0.1) is 0 Å². The normalized spacial score (nSPS) is 16.8. The van der Waals surface area contributed by atoms with Crippen LogP contribution in [0.25, 0.3) is 11.0 Å². The molecule has 1 unspecified atom stereocenters. The molecule has 3 rings (SSSR count). The number of ether oxygens (including phenoxy) is 1. The highest BCUT2D eigenvalue weighted by Crippen LogP contribution is 2.21. The maximum absolute atomic E-state index is 10.4. The molecular formula is C20H31IN2O2. The van der Waals surface area contributed by atoms with E-state index in [4.69, 9.17) is 4.74 Å². The quantitative estimate of drug-likeness (QED) is 0.499. The van der Waals surface area contributed by atoms with Crippen molar-refractivity contribution in [3.63, 3.8) is 0 Å². The van der Waals surface area contributed by atoms with Gasteiger partial charge in [0.25, 0.3) is 0 Å². The van der Waals surface area contributed by atoms with Gasteiger partial charge in [0.15, 0.2) is 11.0 Å². The number of imidazole rings is 1. The van der Waals surface area contributed by atoms with Crippen LogP contribution in [-0.4, -0.2) is 28.5 Å². The van der Waals surface area contributed by atoms with E-state index >= 15 is 0 Å². The van der Waals surface area contributed by atoms with Crippen molar-refractivity contribution >= 4 is 11.0 Å². The van der Waals surface area contributed by atoms with Crippen LogP contribution in [0, 0.1) is 13.8 Å². The summed E-state index contributed by atoms with van der Waals surface area (Å²) < 4.78 is 10.3. The maximum atomic E-state index is 10.4. The molecule has 4 nitrogen and oxygen atoms in total. The smallest absolute Gasteiger partial charge is 0.244 e. The van der Waals surface area contributed by atoms with Crippen molar-refractivity contribution in [2.45, 2.75) is 78.2 Å². The number of benzene rings is 1. The standard InChI is InChI=1S/C20H31N2O2.HI/c1-4-21-14-22(20-11-16(3)15(2)10-19(20)21)12-17(23)13-24-18-8-6-5-7-9-18;/h10-11,14,17-18,23H,4-9,12-13H2,1-3H3;1H/q+1;/p-1. The highest BCUT2D eigenvalue weighted by Gasteiger charge is 2.20. The number of hydrogen-bond donors (Lipinski definition) is 1. The van der Waals surface area contributed by atoms with Crippen LogP contribution in [0.3, 0.4) is 0 Å². The minimum atomic E-state index is -0.463. The summed E-state index contributed by atoms with van der Waals surface area (Å²) in [5.41, 5.74) is 5.03. The van der Waals surface area contributed by atoms with Crippen molar-refractivity contribution in [1.29, 1.82) is 0 Å². The van der Waals surface area contributed by atoms with Crippen LogP contribution < -0.4 is 28.5 Å². The Morgan fingerprint density at radius 2 is 1.88 bits per heavy atom. The number of hydrogen-bond acceptors (Lipinski definition) is 2. The number of fused-ring (bicyclic) bond motifs is 1. The average molecular weight is 458 g/mol. The van der Waals surface area contributed by atoms with E-state index in [9.17, 15) is 5.11 Å². The highest BCUT2D eigenvalue weighted by atomic mass is 127. The Morgan fingerprint density at radius 1 is 1.20 bits per heavy atom. The first kappa shape index (κ1) is 20.6. The van der Waals surface area contributed by atoms with Gasteiger partial charge in [0.1, 0.15) is 12.6 Å². The lowest BCUT2D eigenvalue weighted by molar-refractivity contribution is -0.679. The fraction of sp³-hybridized carbons (Fsp3) is 0.650. The summed E-state index contributed by atoms with van der Waals surface area (Å²) in [5.74, 6) is 0. The Hall–Kier alpha value is -0.660. The molecule has 1 N–H and O–H groups in total. The Balaban J connectivity index is 0.00000225. The molecule has 25 heavy (non-hydrogen) atoms. The van der Waals surface area contributed by atoms with Gasteiger partial charge in [-0.05, 0) is 56.9 Å². The zero-order valence-corrected chi connectivity index (χ0v) is 17.8. The lowest BCUT2D eigenvalue weighted by atomic mass is 9.98. The van der Waals surface area contributed by atoms with E-state index in [0.29, 0.717) is 19.3 Å². The molecule has 0 amide bonds. The molecule has 1 aromatic heterocycles. The summed E-state index contributed by atoms with van der Waals surface area (Å²) in [7, 11) is 0. The topological polar surface area (TPSA) is 38.3 Å². The minimum absolute atomic E-state index is 0. The van der Waals surface area contributed by atoms with Gasteiger partial charge in [0.05, 0.1) is 19.3 Å². The van der Waals surface area contributed by atoms with Gasteiger partial charge in [-0.25, -0.2) is 9.13 Å². The zero-order chi connectivity index (χ0) is 17.1. The van der Waals surface area contributed by atoms with E-state index in [0.717, 1.165) is 19.4 Å². The van der Waals surface area contributed by atoms with Gasteiger partial charge in [-0.2, -0.15) is 0 Å². The van der Waals surface area contributed by atoms with Crippen LogP contribution in [0.5, 0.6) is 0 Å². The molecule has 1 fully saturated rings. The first-order chi connectivity index (χ1) is 11.6. The fourth-order valence-electron chi connectivity index (χ4n) is 3.69. The van der Waals surface area contributed by atoms with Gasteiger partial charge in [0, 0.05) is 0 Å². The molecule has 0 saturated heterocycles. The molecule has 1 aliphatic carbocycles. The van der Waals surface area contributed by atoms with Crippen LogP contribution in [0.2, 0.25) is 0 Å². The summed E-state index contributed by atoms with van der Waals surface area (Å²) in [5, 5.41) is 10.4. The largest absolute Gasteiger partial charge is 1.00 e. The Labute approximate surface area is 168 Å². The van der Waals surface area contributed by atoms with Crippen molar-refractivity contribution in [1.82, 2.24) is 4.57 Å². The molecule has 1 atom stereocenters. The number of aryl methyl sites for hydroxylation is 3. The third kappa shape index (κ3) is 4.95. The average Bonchev–Trinajstić information content (AvgIpc) is 2.91. The Kier molecular flexibility index (Phi) is 7.70. The molecule has 1 saturated carbocycles. The van der Waals surface area contributed by atoms with Crippen molar-refractivity contribution in [2.75, 3.05) is 6.61 Å². The molecule has 0 radical (unpaired) electrons. The van der Waals surface area contributed by atoms with Gasteiger partial charge in [-0.1, -0.05) is 19.3 Å². The molecule has 2 aromatic rings. The third-order valence-corrected chi connectivity index (χ3v) is 5.31. The number of aliphatic hydroxyl groups excluding tert-OH is 1. The SMILES string of the molecule is CCn1c[n+](CC(O)COC2CCCCC2)c2cc(C)c(C)cc21.[I-]. The van der Waals surface area contributed by atoms with Crippen molar-refractivity contribution in [3.05, 3.63) is 29.6 Å².